The molecule has 1 fully saturated rings. The zero-order valence-corrected chi connectivity index (χ0v) is 17.9. The fraction of sp³-hybridized carbons (Fsp3) is 0.444. The second kappa shape index (κ2) is 7.72. The van der Waals surface area contributed by atoms with Crippen molar-refractivity contribution in [2.24, 2.45) is 5.92 Å². The maximum atomic E-state index is 12.8. The maximum absolute atomic E-state index is 12.8. The first-order valence-electron chi connectivity index (χ1n) is 8.61. The van der Waals surface area contributed by atoms with Gasteiger partial charge >= 0.3 is 0 Å². The van der Waals surface area contributed by atoms with Gasteiger partial charge in [-0.2, -0.15) is 9.57 Å². The van der Waals surface area contributed by atoms with Crippen molar-refractivity contribution >= 4 is 43.6 Å². The molecule has 2 aromatic heterocycles. The van der Waals surface area contributed by atoms with Gasteiger partial charge in [0.15, 0.2) is 0 Å². The second-order valence-electron chi connectivity index (χ2n) is 6.66. The number of piperidine rings is 1. The van der Waals surface area contributed by atoms with E-state index in [-0.39, 0.29) is 12.5 Å². The smallest absolute Gasteiger partial charge is 0.252 e. The average molecular weight is 424 g/mol. The molecule has 6 nitrogen and oxygen atoms in total. The van der Waals surface area contributed by atoms with Crippen molar-refractivity contribution in [2.45, 2.75) is 37.8 Å². The molecular weight excluding hydrogens is 402 g/mol. The summed E-state index contributed by atoms with van der Waals surface area (Å²) < 4.78 is 27.4. The van der Waals surface area contributed by atoms with Gasteiger partial charge in [0.25, 0.3) is 10.0 Å². The lowest BCUT2D eigenvalue weighted by molar-refractivity contribution is -0.120. The van der Waals surface area contributed by atoms with Crippen molar-refractivity contribution in [1.82, 2.24) is 4.31 Å². The quantitative estimate of drug-likeness (QED) is 0.813. The standard InChI is InChI=1S/C18H21N3O3S3/c1-11-6-7-16(25-11)27(23,24)21-8-4-5-14(10-21)17(22)20-18-15(9-19)12(2)13(3)26-18/h6-7,14H,4-5,8,10H2,1-3H3,(H,20,22). The highest BCUT2D eigenvalue weighted by molar-refractivity contribution is 7.91. The molecule has 144 valence electrons. The van der Waals surface area contributed by atoms with E-state index in [0.29, 0.717) is 34.2 Å². The Labute approximate surface area is 167 Å². The summed E-state index contributed by atoms with van der Waals surface area (Å²) in [6.45, 7) is 6.22. The van der Waals surface area contributed by atoms with E-state index in [0.717, 1.165) is 15.3 Å². The Morgan fingerprint density at radius 3 is 2.67 bits per heavy atom. The summed E-state index contributed by atoms with van der Waals surface area (Å²) in [5.74, 6) is -0.654. The van der Waals surface area contributed by atoms with E-state index >= 15 is 0 Å². The highest BCUT2D eigenvalue weighted by atomic mass is 32.2. The molecule has 3 heterocycles. The van der Waals surface area contributed by atoms with Crippen LogP contribution in [-0.4, -0.2) is 31.7 Å². The molecule has 1 amide bonds. The van der Waals surface area contributed by atoms with E-state index in [2.05, 4.69) is 11.4 Å². The number of hydrogen-bond acceptors (Lipinski definition) is 6. The Morgan fingerprint density at radius 1 is 1.30 bits per heavy atom. The first kappa shape index (κ1) is 20.0. The molecule has 0 aromatic carbocycles. The van der Waals surface area contributed by atoms with Gasteiger partial charge in [-0.15, -0.1) is 22.7 Å². The molecule has 1 unspecified atom stereocenters. The van der Waals surface area contributed by atoms with E-state index in [9.17, 15) is 18.5 Å². The topological polar surface area (TPSA) is 90.3 Å². The Kier molecular flexibility index (Phi) is 5.72. The Bertz CT molecular complexity index is 1010. The van der Waals surface area contributed by atoms with Gasteiger partial charge in [-0.1, -0.05) is 0 Å². The van der Waals surface area contributed by atoms with E-state index in [1.165, 1.54) is 27.0 Å². The van der Waals surface area contributed by atoms with E-state index < -0.39 is 15.9 Å². The second-order valence-corrected chi connectivity index (χ2v) is 11.3. The van der Waals surface area contributed by atoms with Crippen LogP contribution in [0.3, 0.4) is 0 Å². The normalized spacial score (nSPS) is 18.2. The van der Waals surface area contributed by atoms with Gasteiger partial charge in [-0.25, -0.2) is 8.42 Å². The van der Waals surface area contributed by atoms with Crippen LogP contribution in [0.1, 0.15) is 33.7 Å². The average Bonchev–Trinajstić information content (AvgIpc) is 3.19. The predicted molar refractivity (Wildman–Crippen MR) is 108 cm³/mol. The number of carbonyl (C=O) groups is 1. The van der Waals surface area contributed by atoms with Crippen molar-refractivity contribution in [3.8, 4) is 6.07 Å². The van der Waals surface area contributed by atoms with Crippen molar-refractivity contribution in [3.05, 3.63) is 33.0 Å². The van der Waals surface area contributed by atoms with Gasteiger partial charge < -0.3 is 5.32 Å². The van der Waals surface area contributed by atoms with Crippen LogP contribution in [0.5, 0.6) is 0 Å². The number of nitriles is 1. The van der Waals surface area contributed by atoms with Crippen molar-refractivity contribution in [3.63, 3.8) is 0 Å². The van der Waals surface area contributed by atoms with Crippen LogP contribution in [0, 0.1) is 38.0 Å². The highest BCUT2D eigenvalue weighted by Crippen LogP contribution is 2.33. The first-order chi connectivity index (χ1) is 12.7. The van der Waals surface area contributed by atoms with Crippen LogP contribution in [0.4, 0.5) is 5.00 Å². The van der Waals surface area contributed by atoms with Gasteiger partial charge in [0.2, 0.25) is 5.91 Å². The molecule has 1 saturated heterocycles. The number of aryl methyl sites for hydroxylation is 2. The van der Waals surface area contributed by atoms with Crippen LogP contribution < -0.4 is 5.32 Å². The number of anilines is 1. The van der Waals surface area contributed by atoms with Crippen LogP contribution in [-0.2, 0) is 14.8 Å². The summed E-state index contributed by atoms with van der Waals surface area (Å²) in [6.07, 6.45) is 1.27. The molecule has 0 spiro atoms. The third-order valence-corrected chi connectivity index (χ3v) is 9.25. The minimum atomic E-state index is -3.57. The maximum Gasteiger partial charge on any atom is 0.252 e. The number of carbonyl (C=O) groups excluding carboxylic acids is 1. The molecular formula is C18H21N3O3S3. The number of nitrogens with one attached hydrogen (secondary N) is 1. The van der Waals surface area contributed by atoms with Gasteiger partial charge in [0, 0.05) is 22.8 Å². The lowest BCUT2D eigenvalue weighted by Gasteiger charge is -2.30. The lowest BCUT2D eigenvalue weighted by Crippen LogP contribution is -2.43. The number of amides is 1. The summed E-state index contributed by atoms with van der Waals surface area (Å²) >= 11 is 2.62. The minimum absolute atomic E-state index is 0.163. The largest absolute Gasteiger partial charge is 0.316 e. The van der Waals surface area contributed by atoms with Gasteiger partial charge in [-0.3, -0.25) is 4.79 Å². The molecule has 9 heteroatoms. The van der Waals surface area contributed by atoms with E-state index in [4.69, 9.17) is 0 Å². The summed E-state index contributed by atoms with van der Waals surface area (Å²) in [5.41, 5.74) is 1.36. The van der Waals surface area contributed by atoms with Crippen LogP contribution in [0.2, 0.25) is 0 Å². The first-order valence-corrected chi connectivity index (χ1v) is 11.7. The fourth-order valence-corrected chi connectivity index (χ4v) is 7.09. The number of nitrogens with zero attached hydrogens (tertiary/aromatic N) is 2. The van der Waals surface area contributed by atoms with E-state index in [1.807, 2.05) is 20.8 Å². The number of hydrogen-bond donors (Lipinski definition) is 1. The van der Waals surface area contributed by atoms with Gasteiger partial charge in [0.1, 0.15) is 15.3 Å². The summed E-state index contributed by atoms with van der Waals surface area (Å²) in [5, 5.41) is 12.7. The third-order valence-electron chi connectivity index (χ3n) is 4.80. The predicted octanol–water partition coefficient (Wildman–Crippen LogP) is 3.65. The number of thiophene rings is 2. The monoisotopic (exact) mass is 423 g/mol. The van der Waals surface area contributed by atoms with Crippen molar-refractivity contribution in [1.29, 1.82) is 5.26 Å². The molecule has 1 N–H and O–H groups in total. The molecule has 2 aromatic rings. The minimum Gasteiger partial charge on any atom is -0.316 e. The lowest BCUT2D eigenvalue weighted by atomic mass is 9.99. The Morgan fingerprint density at radius 2 is 2.04 bits per heavy atom. The SMILES string of the molecule is Cc1ccc(S(=O)(=O)N2CCCC(C(=O)Nc3sc(C)c(C)c3C#N)C2)s1. The zero-order valence-electron chi connectivity index (χ0n) is 15.4. The third kappa shape index (κ3) is 3.94. The summed E-state index contributed by atoms with van der Waals surface area (Å²) in [7, 11) is -3.57. The molecule has 1 aliphatic heterocycles. The highest BCUT2D eigenvalue weighted by Gasteiger charge is 2.34. The number of rotatable bonds is 4. The number of sulfonamides is 1. The zero-order chi connectivity index (χ0) is 19.8. The summed E-state index contributed by atoms with van der Waals surface area (Å²) in [4.78, 5) is 14.7. The fourth-order valence-electron chi connectivity index (χ4n) is 3.12. The van der Waals surface area contributed by atoms with E-state index in [1.54, 1.807) is 12.1 Å². The Hall–Kier alpha value is -1.73. The molecule has 0 aliphatic carbocycles. The summed E-state index contributed by atoms with van der Waals surface area (Å²) in [6, 6.07) is 5.55. The van der Waals surface area contributed by atoms with Gasteiger partial charge in [-0.05, 0) is 51.3 Å². The molecule has 27 heavy (non-hydrogen) atoms. The molecule has 3 rings (SSSR count). The Balaban J connectivity index is 1.76. The van der Waals surface area contributed by atoms with Crippen LogP contribution >= 0.6 is 22.7 Å². The van der Waals surface area contributed by atoms with Crippen LogP contribution in [0.25, 0.3) is 0 Å². The molecule has 0 saturated carbocycles. The van der Waals surface area contributed by atoms with Crippen molar-refractivity contribution in [2.75, 3.05) is 18.4 Å². The van der Waals surface area contributed by atoms with Crippen molar-refractivity contribution < 1.29 is 13.2 Å². The molecule has 0 radical (unpaired) electrons. The van der Waals surface area contributed by atoms with Gasteiger partial charge in [0.05, 0.1) is 11.5 Å². The van der Waals surface area contributed by atoms with Crippen LogP contribution in [0.15, 0.2) is 16.3 Å². The molecule has 1 aliphatic rings. The molecule has 1 atom stereocenters. The molecule has 0 bridgehead atoms.